The molecule has 1 aromatic heterocycles. The zero-order valence-corrected chi connectivity index (χ0v) is 9.62. The zero-order chi connectivity index (χ0) is 11.1. The lowest BCUT2D eigenvalue weighted by Gasteiger charge is -2.19. The van der Waals surface area contributed by atoms with E-state index < -0.39 is 0 Å². The third-order valence-corrected chi connectivity index (χ3v) is 2.59. The number of thiol groups is 1. The molecule has 15 heavy (non-hydrogen) atoms. The van der Waals surface area contributed by atoms with Gasteiger partial charge in [-0.3, -0.25) is 4.98 Å². The molecule has 2 rings (SSSR count). The minimum Gasteiger partial charge on any atom is -0.508 e. The van der Waals surface area contributed by atoms with Gasteiger partial charge >= 0.3 is 0 Å². The highest BCUT2D eigenvalue weighted by Crippen LogP contribution is 2.34. The van der Waals surface area contributed by atoms with Gasteiger partial charge in [0.25, 0.3) is 0 Å². The van der Waals surface area contributed by atoms with E-state index in [4.69, 9.17) is 0 Å². The summed E-state index contributed by atoms with van der Waals surface area (Å²) in [6, 6.07) is 7.23. The molecule has 0 amide bonds. The molecule has 1 aromatic carbocycles. The smallest absolute Gasteiger partial charge is 0.116 e. The first-order chi connectivity index (χ1) is 6.98. The van der Waals surface area contributed by atoms with Crippen molar-refractivity contribution in [3.63, 3.8) is 0 Å². The van der Waals surface area contributed by atoms with Crippen molar-refractivity contribution in [2.45, 2.75) is 18.6 Å². The van der Waals surface area contributed by atoms with E-state index in [9.17, 15) is 5.11 Å². The number of pyridine rings is 1. The fraction of sp³-hybridized carbons (Fsp3) is 0.250. The average Bonchev–Trinajstić information content (AvgIpc) is 2.15. The molecule has 3 heteroatoms. The van der Waals surface area contributed by atoms with Crippen molar-refractivity contribution >= 4 is 23.5 Å². The second kappa shape index (κ2) is 3.42. The van der Waals surface area contributed by atoms with Crippen LogP contribution in [-0.2, 0) is 4.75 Å². The first kappa shape index (κ1) is 10.3. The number of benzene rings is 1. The molecule has 0 aliphatic rings. The Balaban J connectivity index is 2.83. The van der Waals surface area contributed by atoms with Crippen LogP contribution in [0, 0.1) is 0 Å². The first-order valence-corrected chi connectivity index (χ1v) is 5.24. The van der Waals surface area contributed by atoms with Gasteiger partial charge in [0.05, 0.1) is 5.52 Å². The van der Waals surface area contributed by atoms with Gasteiger partial charge < -0.3 is 5.11 Å². The van der Waals surface area contributed by atoms with E-state index in [1.165, 1.54) is 0 Å². The second-order valence-corrected chi connectivity index (χ2v) is 5.25. The predicted molar refractivity (Wildman–Crippen MR) is 65.4 cm³/mol. The van der Waals surface area contributed by atoms with Crippen LogP contribution in [0.25, 0.3) is 10.9 Å². The summed E-state index contributed by atoms with van der Waals surface area (Å²) in [5.41, 5.74) is 1.84. The molecule has 0 fully saturated rings. The van der Waals surface area contributed by atoms with Crippen LogP contribution in [0.15, 0.2) is 30.5 Å². The van der Waals surface area contributed by atoms with Crippen LogP contribution in [0.1, 0.15) is 19.4 Å². The lowest BCUT2D eigenvalue weighted by Crippen LogP contribution is -2.08. The third kappa shape index (κ3) is 1.92. The summed E-state index contributed by atoms with van der Waals surface area (Å²) < 4.78 is -0.314. The zero-order valence-electron chi connectivity index (χ0n) is 8.73. The molecular weight excluding hydrogens is 206 g/mol. The summed E-state index contributed by atoms with van der Waals surface area (Å²) >= 11 is 4.52. The summed E-state index contributed by atoms with van der Waals surface area (Å²) in [4.78, 5) is 4.33. The van der Waals surface area contributed by atoms with E-state index >= 15 is 0 Å². The van der Waals surface area contributed by atoms with E-state index in [1.54, 1.807) is 18.3 Å². The van der Waals surface area contributed by atoms with Crippen LogP contribution in [0.3, 0.4) is 0 Å². The maximum Gasteiger partial charge on any atom is 0.116 e. The fourth-order valence-electron chi connectivity index (χ4n) is 1.64. The van der Waals surface area contributed by atoms with E-state index in [-0.39, 0.29) is 10.5 Å². The maximum absolute atomic E-state index is 9.61. The molecule has 2 aromatic rings. The van der Waals surface area contributed by atoms with Gasteiger partial charge in [0.1, 0.15) is 5.75 Å². The standard InChI is InChI=1S/C12H13NOS/c1-12(2,15)10-7-9(14)6-8-4-3-5-13-11(8)10/h3-7,14-15H,1-2H3. The largest absolute Gasteiger partial charge is 0.508 e. The number of fused-ring (bicyclic) bond motifs is 1. The van der Waals surface area contributed by atoms with Crippen LogP contribution < -0.4 is 0 Å². The monoisotopic (exact) mass is 219 g/mol. The minimum absolute atomic E-state index is 0.257. The van der Waals surface area contributed by atoms with Crippen LogP contribution in [0.4, 0.5) is 0 Å². The molecule has 2 nitrogen and oxygen atoms in total. The van der Waals surface area contributed by atoms with E-state index in [1.807, 2.05) is 26.0 Å². The third-order valence-electron chi connectivity index (χ3n) is 2.35. The molecule has 0 aliphatic heterocycles. The van der Waals surface area contributed by atoms with Crippen molar-refractivity contribution in [1.82, 2.24) is 4.98 Å². The number of aromatic hydroxyl groups is 1. The molecule has 0 aliphatic carbocycles. The van der Waals surface area contributed by atoms with Crippen LogP contribution >= 0.6 is 12.6 Å². The Labute approximate surface area is 94.4 Å². The molecule has 0 bridgehead atoms. The van der Waals surface area contributed by atoms with Crippen LogP contribution in [0.2, 0.25) is 0 Å². The molecule has 1 N–H and O–H groups in total. The minimum atomic E-state index is -0.314. The van der Waals surface area contributed by atoms with Crippen molar-refractivity contribution < 1.29 is 5.11 Å². The molecule has 0 spiro atoms. The Kier molecular flexibility index (Phi) is 2.35. The highest BCUT2D eigenvalue weighted by molar-refractivity contribution is 7.81. The predicted octanol–water partition coefficient (Wildman–Crippen LogP) is 3.11. The van der Waals surface area contributed by atoms with E-state index in [2.05, 4.69) is 17.6 Å². The molecule has 0 saturated carbocycles. The van der Waals surface area contributed by atoms with Crippen molar-refractivity contribution in [3.8, 4) is 5.75 Å². The van der Waals surface area contributed by atoms with Gasteiger partial charge in [-0.05, 0) is 37.6 Å². The second-order valence-electron chi connectivity index (χ2n) is 4.13. The van der Waals surface area contributed by atoms with Gasteiger partial charge in [-0.2, -0.15) is 12.6 Å². The average molecular weight is 219 g/mol. The summed E-state index contributed by atoms with van der Waals surface area (Å²) in [6.45, 7) is 3.97. The van der Waals surface area contributed by atoms with Crippen LogP contribution in [0.5, 0.6) is 5.75 Å². The highest BCUT2D eigenvalue weighted by atomic mass is 32.1. The van der Waals surface area contributed by atoms with Gasteiger partial charge in [0.15, 0.2) is 0 Å². The number of phenols is 1. The van der Waals surface area contributed by atoms with E-state index in [0.29, 0.717) is 0 Å². The Hall–Kier alpha value is -1.22. The molecule has 78 valence electrons. The van der Waals surface area contributed by atoms with Gasteiger partial charge in [-0.15, -0.1) is 0 Å². The van der Waals surface area contributed by atoms with Gasteiger partial charge in [-0.25, -0.2) is 0 Å². The normalized spacial score (nSPS) is 11.9. The Bertz CT molecular complexity index is 502. The molecule has 0 saturated heterocycles. The quantitative estimate of drug-likeness (QED) is 0.722. The molecule has 1 heterocycles. The van der Waals surface area contributed by atoms with Gasteiger partial charge in [0.2, 0.25) is 0 Å². The lowest BCUT2D eigenvalue weighted by atomic mass is 9.98. The number of hydrogen-bond acceptors (Lipinski definition) is 3. The molecular formula is C12H13NOS. The number of hydrogen-bond donors (Lipinski definition) is 2. The Morgan fingerprint density at radius 3 is 2.73 bits per heavy atom. The topological polar surface area (TPSA) is 33.1 Å². The highest BCUT2D eigenvalue weighted by Gasteiger charge is 2.19. The maximum atomic E-state index is 9.61. The fourth-order valence-corrected chi connectivity index (χ4v) is 1.81. The Morgan fingerprint density at radius 1 is 1.33 bits per heavy atom. The first-order valence-electron chi connectivity index (χ1n) is 4.79. The van der Waals surface area contributed by atoms with Crippen molar-refractivity contribution in [2.24, 2.45) is 0 Å². The summed E-state index contributed by atoms with van der Waals surface area (Å²) in [5, 5.41) is 10.6. The summed E-state index contributed by atoms with van der Waals surface area (Å²) in [7, 11) is 0. The number of nitrogens with zero attached hydrogens (tertiary/aromatic N) is 1. The van der Waals surface area contributed by atoms with Crippen molar-refractivity contribution in [2.75, 3.05) is 0 Å². The lowest BCUT2D eigenvalue weighted by molar-refractivity contribution is 0.474. The van der Waals surface area contributed by atoms with Crippen LogP contribution in [-0.4, -0.2) is 10.1 Å². The summed E-state index contributed by atoms with van der Waals surface area (Å²) in [5.74, 6) is 0.257. The van der Waals surface area contributed by atoms with Crippen molar-refractivity contribution in [1.29, 1.82) is 0 Å². The summed E-state index contributed by atoms with van der Waals surface area (Å²) in [6.07, 6.45) is 1.75. The molecule has 0 unspecified atom stereocenters. The number of rotatable bonds is 1. The van der Waals surface area contributed by atoms with Gasteiger partial charge in [-0.1, -0.05) is 6.07 Å². The molecule has 0 radical (unpaired) electrons. The van der Waals surface area contributed by atoms with E-state index in [0.717, 1.165) is 16.5 Å². The number of phenolic OH excluding ortho intramolecular Hbond substituents is 1. The SMILES string of the molecule is CC(C)(S)c1cc(O)cc2cccnc12. The Morgan fingerprint density at radius 2 is 2.07 bits per heavy atom. The number of aromatic nitrogens is 1. The van der Waals surface area contributed by atoms with Crippen molar-refractivity contribution in [3.05, 3.63) is 36.0 Å². The molecule has 0 atom stereocenters. The van der Waals surface area contributed by atoms with Gasteiger partial charge in [0, 0.05) is 16.3 Å².